The van der Waals surface area contributed by atoms with Crippen molar-refractivity contribution < 1.29 is 24.0 Å². The number of nitrogens with one attached hydrogen (secondary N) is 1. The standard InChI is InChI=1S/C13H14BrFN2O5/c1-13(2,4-3-10(18)19)16-12(20)8-5-7(15)6-9(11(8)14)17(21)22/h5-6H,3-4H2,1-2H3,(H,16,20)(H,18,19). The summed E-state index contributed by atoms with van der Waals surface area (Å²) >= 11 is 2.92. The summed E-state index contributed by atoms with van der Waals surface area (Å²) in [6.45, 7) is 3.21. The number of halogens is 2. The van der Waals surface area contributed by atoms with E-state index in [9.17, 15) is 24.1 Å². The lowest BCUT2D eigenvalue weighted by Crippen LogP contribution is -2.43. The number of nitrogens with zero attached hydrogens (tertiary/aromatic N) is 1. The average Bonchev–Trinajstić information content (AvgIpc) is 2.38. The minimum atomic E-state index is -1.01. The van der Waals surface area contributed by atoms with Crippen LogP contribution in [-0.2, 0) is 4.79 Å². The highest BCUT2D eigenvalue weighted by atomic mass is 79.9. The molecule has 2 N–H and O–H groups in total. The Bertz CT molecular complexity index is 633. The summed E-state index contributed by atoms with van der Waals surface area (Å²) < 4.78 is 13.3. The number of nitro benzene ring substituents is 1. The summed E-state index contributed by atoms with van der Waals surface area (Å²) in [5.41, 5.74) is -1.65. The predicted octanol–water partition coefficient (Wildman–Crippen LogP) is 2.87. The molecule has 0 heterocycles. The van der Waals surface area contributed by atoms with Crippen LogP contribution in [0.4, 0.5) is 10.1 Å². The third kappa shape index (κ3) is 4.76. The van der Waals surface area contributed by atoms with Gasteiger partial charge >= 0.3 is 5.97 Å². The van der Waals surface area contributed by atoms with E-state index in [1.165, 1.54) is 0 Å². The molecule has 1 aromatic rings. The molecule has 1 amide bonds. The maximum Gasteiger partial charge on any atom is 0.303 e. The van der Waals surface area contributed by atoms with Crippen LogP contribution in [0.25, 0.3) is 0 Å². The molecule has 0 spiro atoms. The van der Waals surface area contributed by atoms with Gasteiger partial charge in [-0.25, -0.2) is 4.39 Å². The van der Waals surface area contributed by atoms with Crippen molar-refractivity contribution in [1.82, 2.24) is 5.32 Å². The lowest BCUT2D eigenvalue weighted by molar-refractivity contribution is -0.385. The number of nitro groups is 1. The Balaban J connectivity index is 3.03. The van der Waals surface area contributed by atoms with E-state index >= 15 is 0 Å². The highest BCUT2D eigenvalue weighted by molar-refractivity contribution is 9.10. The molecule has 0 saturated carbocycles. The molecule has 22 heavy (non-hydrogen) atoms. The molecule has 0 saturated heterocycles. The van der Waals surface area contributed by atoms with Crippen molar-refractivity contribution in [3.8, 4) is 0 Å². The van der Waals surface area contributed by atoms with Gasteiger partial charge in [0, 0.05) is 12.0 Å². The number of carboxylic acid groups (broad SMARTS) is 1. The number of rotatable bonds is 6. The second-order valence-electron chi connectivity index (χ2n) is 5.28. The minimum absolute atomic E-state index is 0.134. The number of hydrogen-bond acceptors (Lipinski definition) is 4. The van der Waals surface area contributed by atoms with Gasteiger partial charge in [-0.2, -0.15) is 0 Å². The molecule has 0 aromatic heterocycles. The Labute approximate surface area is 133 Å². The number of amides is 1. The smallest absolute Gasteiger partial charge is 0.303 e. The Morgan fingerprint density at radius 1 is 1.45 bits per heavy atom. The predicted molar refractivity (Wildman–Crippen MR) is 79.2 cm³/mol. The Morgan fingerprint density at radius 2 is 2.05 bits per heavy atom. The van der Waals surface area contributed by atoms with Crippen LogP contribution in [0.1, 0.15) is 37.0 Å². The molecule has 0 unspecified atom stereocenters. The fourth-order valence-electron chi connectivity index (χ4n) is 1.73. The van der Waals surface area contributed by atoms with Crippen molar-refractivity contribution in [3.63, 3.8) is 0 Å². The summed E-state index contributed by atoms with van der Waals surface area (Å²) in [5, 5.41) is 22.0. The highest BCUT2D eigenvalue weighted by Gasteiger charge is 2.26. The molecule has 0 fully saturated rings. The third-order valence-corrected chi connectivity index (χ3v) is 3.71. The van der Waals surface area contributed by atoms with E-state index in [2.05, 4.69) is 21.2 Å². The fourth-order valence-corrected chi connectivity index (χ4v) is 2.28. The van der Waals surface area contributed by atoms with Crippen molar-refractivity contribution in [1.29, 1.82) is 0 Å². The van der Waals surface area contributed by atoms with Crippen molar-refractivity contribution in [2.75, 3.05) is 0 Å². The van der Waals surface area contributed by atoms with E-state index in [1.807, 2.05) is 0 Å². The van der Waals surface area contributed by atoms with Crippen molar-refractivity contribution in [2.45, 2.75) is 32.2 Å². The zero-order valence-electron chi connectivity index (χ0n) is 11.9. The molecule has 0 aliphatic carbocycles. The van der Waals surface area contributed by atoms with Crippen LogP contribution in [-0.4, -0.2) is 27.4 Å². The number of benzene rings is 1. The monoisotopic (exact) mass is 376 g/mol. The molecule has 120 valence electrons. The van der Waals surface area contributed by atoms with Crippen LogP contribution in [0.15, 0.2) is 16.6 Å². The summed E-state index contributed by atoms with van der Waals surface area (Å²) in [6.07, 6.45) is 0.000843. The number of carbonyl (C=O) groups is 2. The van der Waals surface area contributed by atoms with Crippen LogP contribution in [0, 0.1) is 15.9 Å². The molecule has 0 bridgehead atoms. The number of hydrogen-bond donors (Lipinski definition) is 2. The molecular weight excluding hydrogens is 363 g/mol. The lowest BCUT2D eigenvalue weighted by atomic mass is 9.97. The van der Waals surface area contributed by atoms with Gasteiger partial charge in [-0.15, -0.1) is 0 Å². The van der Waals surface area contributed by atoms with Crippen LogP contribution < -0.4 is 5.32 Å². The Hall–Kier alpha value is -2.03. The SMILES string of the molecule is CC(C)(CCC(=O)O)NC(=O)c1cc(F)cc([N+](=O)[O-])c1Br. The molecule has 0 radical (unpaired) electrons. The van der Waals surface area contributed by atoms with Crippen LogP contribution in [0.3, 0.4) is 0 Å². The minimum Gasteiger partial charge on any atom is -0.481 e. The first kappa shape index (κ1) is 18.0. The molecule has 7 nitrogen and oxygen atoms in total. The first-order valence-electron chi connectivity index (χ1n) is 6.21. The largest absolute Gasteiger partial charge is 0.481 e. The molecular formula is C13H14BrFN2O5. The van der Waals surface area contributed by atoms with E-state index in [0.717, 1.165) is 6.07 Å². The molecule has 9 heteroatoms. The van der Waals surface area contributed by atoms with Gasteiger partial charge in [0.25, 0.3) is 11.6 Å². The van der Waals surface area contributed by atoms with Gasteiger partial charge in [0.15, 0.2) is 0 Å². The second-order valence-corrected chi connectivity index (χ2v) is 6.07. The van der Waals surface area contributed by atoms with Gasteiger partial charge in [-0.3, -0.25) is 19.7 Å². The first-order chi connectivity index (χ1) is 10.0. The van der Waals surface area contributed by atoms with Gasteiger partial charge in [0.1, 0.15) is 10.3 Å². The van der Waals surface area contributed by atoms with Crippen LogP contribution in [0.5, 0.6) is 0 Å². The fraction of sp³-hybridized carbons (Fsp3) is 0.385. The maximum atomic E-state index is 13.4. The molecule has 1 aromatic carbocycles. The Kier molecular flexibility index (Phi) is 5.59. The van der Waals surface area contributed by atoms with E-state index in [-0.39, 0.29) is 22.9 Å². The molecule has 0 aliphatic heterocycles. The zero-order valence-corrected chi connectivity index (χ0v) is 13.4. The first-order valence-corrected chi connectivity index (χ1v) is 7.00. The van der Waals surface area contributed by atoms with E-state index in [1.54, 1.807) is 13.8 Å². The normalized spacial score (nSPS) is 11.1. The van der Waals surface area contributed by atoms with Gasteiger partial charge in [-0.1, -0.05) is 0 Å². The van der Waals surface area contributed by atoms with Crippen molar-refractivity contribution >= 4 is 33.5 Å². The average molecular weight is 377 g/mol. The molecule has 0 aliphatic rings. The van der Waals surface area contributed by atoms with E-state index in [4.69, 9.17) is 5.11 Å². The zero-order chi connectivity index (χ0) is 17.1. The van der Waals surface area contributed by atoms with Gasteiger partial charge in [0.2, 0.25) is 0 Å². The lowest BCUT2D eigenvalue weighted by Gasteiger charge is -2.25. The van der Waals surface area contributed by atoms with E-state index in [0.29, 0.717) is 6.07 Å². The van der Waals surface area contributed by atoms with Gasteiger partial charge in [-0.05, 0) is 42.3 Å². The number of aliphatic carboxylic acids is 1. The Morgan fingerprint density at radius 3 is 2.55 bits per heavy atom. The molecule has 0 atom stereocenters. The van der Waals surface area contributed by atoms with Crippen molar-refractivity contribution in [2.24, 2.45) is 0 Å². The summed E-state index contributed by atoms with van der Waals surface area (Å²) in [6, 6.07) is 1.58. The summed E-state index contributed by atoms with van der Waals surface area (Å²) in [4.78, 5) is 32.8. The second kappa shape index (κ2) is 6.82. The van der Waals surface area contributed by atoms with Crippen molar-refractivity contribution in [3.05, 3.63) is 38.1 Å². The van der Waals surface area contributed by atoms with Crippen LogP contribution >= 0.6 is 15.9 Å². The maximum absolute atomic E-state index is 13.4. The van der Waals surface area contributed by atoms with Crippen LogP contribution in [0.2, 0.25) is 0 Å². The summed E-state index contributed by atoms with van der Waals surface area (Å²) in [5.74, 6) is -2.65. The number of carbonyl (C=O) groups excluding carboxylic acids is 1. The van der Waals surface area contributed by atoms with Gasteiger partial charge in [0.05, 0.1) is 16.6 Å². The topological polar surface area (TPSA) is 110 Å². The quantitative estimate of drug-likeness (QED) is 0.585. The summed E-state index contributed by atoms with van der Waals surface area (Å²) in [7, 11) is 0. The van der Waals surface area contributed by atoms with E-state index < -0.39 is 33.8 Å². The third-order valence-electron chi connectivity index (χ3n) is 2.88. The highest BCUT2D eigenvalue weighted by Crippen LogP contribution is 2.30. The molecule has 1 rings (SSSR count). The van der Waals surface area contributed by atoms with Gasteiger partial charge < -0.3 is 10.4 Å². The number of carboxylic acids is 1.